The highest BCUT2D eigenvalue weighted by molar-refractivity contribution is 5.90. The van der Waals surface area contributed by atoms with Crippen molar-refractivity contribution in [3.8, 4) is 0 Å². The highest BCUT2D eigenvalue weighted by Crippen LogP contribution is 2.31. The van der Waals surface area contributed by atoms with Crippen molar-refractivity contribution in [3.63, 3.8) is 0 Å². The molecule has 0 aromatic carbocycles. The van der Waals surface area contributed by atoms with Crippen LogP contribution in [0.1, 0.15) is 40.0 Å². The van der Waals surface area contributed by atoms with Crippen molar-refractivity contribution in [3.05, 3.63) is 0 Å². The zero-order chi connectivity index (χ0) is 13.9. The molecule has 1 aliphatic carbocycles. The first-order valence-corrected chi connectivity index (χ1v) is 6.07. The molecule has 0 aromatic rings. The van der Waals surface area contributed by atoms with Gasteiger partial charge in [-0.3, -0.25) is 14.4 Å². The average Bonchev–Trinajstić information content (AvgIpc) is 2.25. The van der Waals surface area contributed by atoms with Crippen LogP contribution in [0.2, 0.25) is 0 Å². The number of ketones is 1. The summed E-state index contributed by atoms with van der Waals surface area (Å²) in [6.45, 7) is 5.31. The maximum absolute atomic E-state index is 12.0. The van der Waals surface area contributed by atoms with Crippen molar-refractivity contribution < 1.29 is 23.9 Å². The SMILES string of the molecule is COC(=O)[C@H]1CC(=O)CC[C@@H]1C(=O)OC(C)(C)C. The molecule has 0 saturated heterocycles. The molecule has 2 atom stereocenters. The molecule has 0 aromatic heterocycles. The number of hydrogen-bond acceptors (Lipinski definition) is 5. The average molecular weight is 256 g/mol. The second-order valence-corrected chi connectivity index (χ2v) is 5.55. The van der Waals surface area contributed by atoms with Gasteiger partial charge in [0.25, 0.3) is 0 Å². The van der Waals surface area contributed by atoms with E-state index in [1.54, 1.807) is 20.8 Å². The van der Waals surface area contributed by atoms with Crippen LogP contribution in [0.25, 0.3) is 0 Å². The van der Waals surface area contributed by atoms with Gasteiger partial charge in [-0.05, 0) is 27.2 Å². The summed E-state index contributed by atoms with van der Waals surface area (Å²) in [5.74, 6) is -2.23. The monoisotopic (exact) mass is 256 g/mol. The summed E-state index contributed by atoms with van der Waals surface area (Å²) in [5.41, 5.74) is -0.598. The van der Waals surface area contributed by atoms with E-state index in [-0.39, 0.29) is 12.2 Å². The van der Waals surface area contributed by atoms with E-state index >= 15 is 0 Å². The van der Waals surface area contributed by atoms with E-state index in [2.05, 4.69) is 4.74 Å². The number of Topliss-reactive ketones (excluding diaryl/α,β-unsaturated/α-hetero) is 1. The molecule has 0 amide bonds. The zero-order valence-electron chi connectivity index (χ0n) is 11.3. The molecule has 0 aliphatic heterocycles. The Bertz CT molecular complexity index is 353. The summed E-state index contributed by atoms with van der Waals surface area (Å²) in [7, 11) is 1.26. The number of ether oxygens (including phenoxy) is 2. The number of rotatable bonds is 2. The lowest BCUT2D eigenvalue weighted by molar-refractivity contribution is -0.169. The summed E-state index contributed by atoms with van der Waals surface area (Å²) in [6.07, 6.45) is 0.738. The second kappa shape index (κ2) is 5.50. The summed E-state index contributed by atoms with van der Waals surface area (Å²) in [4.78, 5) is 35.0. The number of methoxy groups -OCH3 is 1. The van der Waals surface area contributed by atoms with Crippen LogP contribution < -0.4 is 0 Å². The van der Waals surface area contributed by atoms with Gasteiger partial charge in [0.2, 0.25) is 0 Å². The van der Waals surface area contributed by atoms with Crippen molar-refractivity contribution in [1.82, 2.24) is 0 Å². The molecule has 1 fully saturated rings. The van der Waals surface area contributed by atoms with Crippen LogP contribution in [-0.4, -0.2) is 30.4 Å². The number of hydrogen-bond donors (Lipinski definition) is 0. The van der Waals surface area contributed by atoms with Crippen LogP contribution in [0.15, 0.2) is 0 Å². The number of carbonyl (C=O) groups excluding carboxylic acids is 3. The quantitative estimate of drug-likeness (QED) is 0.700. The molecule has 1 saturated carbocycles. The van der Waals surface area contributed by atoms with E-state index in [1.807, 2.05) is 0 Å². The Kier molecular flexibility index (Phi) is 4.48. The van der Waals surface area contributed by atoms with Crippen LogP contribution in [0.3, 0.4) is 0 Å². The van der Waals surface area contributed by atoms with E-state index in [1.165, 1.54) is 7.11 Å². The molecule has 18 heavy (non-hydrogen) atoms. The topological polar surface area (TPSA) is 69.7 Å². The lowest BCUT2D eigenvalue weighted by Crippen LogP contribution is -2.39. The van der Waals surface area contributed by atoms with Crippen LogP contribution in [-0.2, 0) is 23.9 Å². The Morgan fingerprint density at radius 3 is 2.28 bits per heavy atom. The molecule has 0 radical (unpaired) electrons. The third kappa shape index (κ3) is 3.82. The first kappa shape index (κ1) is 14.7. The maximum atomic E-state index is 12.0. The van der Waals surface area contributed by atoms with Crippen LogP contribution >= 0.6 is 0 Å². The summed E-state index contributed by atoms with van der Waals surface area (Å²) in [5, 5.41) is 0. The fraction of sp³-hybridized carbons (Fsp3) is 0.769. The van der Waals surface area contributed by atoms with E-state index in [0.29, 0.717) is 12.8 Å². The Balaban J connectivity index is 2.80. The van der Waals surface area contributed by atoms with Gasteiger partial charge in [0.15, 0.2) is 0 Å². The predicted octanol–water partition coefficient (Wildman–Crippen LogP) is 1.49. The van der Waals surface area contributed by atoms with Gasteiger partial charge in [-0.15, -0.1) is 0 Å². The normalized spacial score (nSPS) is 24.6. The molecule has 1 aliphatic rings. The van der Waals surface area contributed by atoms with Gasteiger partial charge in [-0.2, -0.15) is 0 Å². The molecule has 1 rings (SSSR count). The number of carbonyl (C=O) groups is 3. The smallest absolute Gasteiger partial charge is 0.310 e. The van der Waals surface area contributed by atoms with Gasteiger partial charge in [-0.1, -0.05) is 0 Å². The second-order valence-electron chi connectivity index (χ2n) is 5.55. The first-order chi connectivity index (χ1) is 8.24. The fourth-order valence-corrected chi connectivity index (χ4v) is 2.07. The minimum absolute atomic E-state index is 0.00907. The Hall–Kier alpha value is -1.39. The van der Waals surface area contributed by atoms with Crippen LogP contribution in [0, 0.1) is 11.8 Å². The van der Waals surface area contributed by atoms with Crippen molar-refractivity contribution >= 4 is 17.7 Å². The molecule has 5 heteroatoms. The van der Waals surface area contributed by atoms with Gasteiger partial charge >= 0.3 is 11.9 Å². The molecule has 102 valence electrons. The zero-order valence-corrected chi connectivity index (χ0v) is 11.3. The molecule has 0 heterocycles. The van der Waals surface area contributed by atoms with Gasteiger partial charge in [0, 0.05) is 12.8 Å². The van der Waals surface area contributed by atoms with Gasteiger partial charge < -0.3 is 9.47 Å². The fourth-order valence-electron chi connectivity index (χ4n) is 2.07. The highest BCUT2D eigenvalue weighted by atomic mass is 16.6. The predicted molar refractivity (Wildman–Crippen MR) is 63.7 cm³/mol. The highest BCUT2D eigenvalue weighted by Gasteiger charge is 2.41. The van der Waals surface area contributed by atoms with E-state index in [4.69, 9.17) is 4.74 Å². The third-order valence-corrected chi connectivity index (χ3v) is 2.88. The lowest BCUT2D eigenvalue weighted by Gasteiger charge is -2.30. The first-order valence-electron chi connectivity index (χ1n) is 6.07. The van der Waals surface area contributed by atoms with Crippen molar-refractivity contribution in [2.24, 2.45) is 11.8 Å². The largest absolute Gasteiger partial charge is 0.469 e. The van der Waals surface area contributed by atoms with Gasteiger partial charge in [0.05, 0.1) is 18.9 Å². The summed E-state index contributed by atoms with van der Waals surface area (Å²) >= 11 is 0. The number of esters is 2. The summed E-state index contributed by atoms with van der Waals surface area (Å²) < 4.78 is 9.93. The molecule has 0 spiro atoms. The molecular formula is C13H20O5. The maximum Gasteiger partial charge on any atom is 0.310 e. The minimum Gasteiger partial charge on any atom is -0.469 e. The van der Waals surface area contributed by atoms with Gasteiger partial charge in [0.1, 0.15) is 11.4 Å². The van der Waals surface area contributed by atoms with E-state index in [9.17, 15) is 14.4 Å². The lowest BCUT2D eigenvalue weighted by atomic mass is 9.78. The standard InChI is InChI=1S/C13H20O5/c1-13(2,3)18-12(16)9-6-5-8(14)7-10(9)11(15)17-4/h9-10H,5-7H2,1-4H3/t9-,10-/m0/s1. The van der Waals surface area contributed by atoms with Crippen LogP contribution in [0.4, 0.5) is 0 Å². The minimum atomic E-state index is -0.703. The summed E-state index contributed by atoms with van der Waals surface area (Å²) in [6, 6.07) is 0. The third-order valence-electron chi connectivity index (χ3n) is 2.88. The molecule has 0 N–H and O–H groups in total. The van der Waals surface area contributed by atoms with Crippen molar-refractivity contribution in [2.45, 2.75) is 45.6 Å². The van der Waals surface area contributed by atoms with E-state index < -0.39 is 29.4 Å². The Morgan fingerprint density at radius 1 is 1.17 bits per heavy atom. The Morgan fingerprint density at radius 2 is 1.78 bits per heavy atom. The molecule has 5 nitrogen and oxygen atoms in total. The molecular weight excluding hydrogens is 236 g/mol. The van der Waals surface area contributed by atoms with E-state index in [0.717, 1.165) is 0 Å². The van der Waals surface area contributed by atoms with Crippen molar-refractivity contribution in [1.29, 1.82) is 0 Å². The molecule has 0 unspecified atom stereocenters. The molecule has 0 bridgehead atoms. The van der Waals surface area contributed by atoms with Crippen molar-refractivity contribution in [2.75, 3.05) is 7.11 Å². The van der Waals surface area contributed by atoms with Crippen LogP contribution in [0.5, 0.6) is 0 Å². The Labute approximate surface area is 107 Å². The van der Waals surface area contributed by atoms with Gasteiger partial charge in [-0.25, -0.2) is 0 Å².